The van der Waals surface area contributed by atoms with E-state index in [1.807, 2.05) is 0 Å². The van der Waals surface area contributed by atoms with Crippen molar-refractivity contribution in [2.45, 2.75) is 18.9 Å². The van der Waals surface area contributed by atoms with Gasteiger partial charge < -0.3 is 5.73 Å². The van der Waals surface area contributed by atoms with Crippen molar-refractivity contribution in [3.05, 3.63) is 29.3 Å². The lowest BCUT2D eigenvalue weighted by atomic mass is 10.0. The van der Waals surface area contributed by atoms with E-state index in [1.165, 1.54) is 18.2 Å². The van der Waals surface area contributed by atoms with Gasteiger partial charge in [-0.1, -0.05) is 0 Å². The van der Waals surface area contributed by atoms with Crippen molar-refractivity contribution in [2.24, 2.45) is 10.8 Å². The Kier molecular flexibility index (Phi) is 4.39. The molecule has 3 rings (SSSR count). The highest BCUT2D eigenvalue weighted by molar-refractivity contribution is 6.45. The van der Waals surface area contributed by atoms with Crippen LogP contribution < -0.4 is 16.5 Å². The van der Waals surface area contributed by atoms with E-state index in [9.17, 15) is 19.2 Å². The van der Waals surface area contributed by atoms with E-state index < -0.39 is 35.5 Å². The molecule has 136 valence electrons. The first-order valence-corrected chi connectivity index (χ1v) is 7.77. The van der Waals surface area contributed by atoms with Crippen LogP contribution in [0.25, 0.3) is 0 Å². The number of nitrogens with one attached hydrogen (secondary N) is 3. The van der Waals surface area contributed by atoms with E-state index in [4.69, 9.17) is 16.4 Å². The first-order chi connectivity index (χ1) is 12.8. The molecule has 27 heavy (non-hydrogen) atoms. The SMILES string of the molecule is N#C/C(=N\Nc1ccc2c(c1)C(=O)N(C1CCC(=O)NC1=O)C2=O)C(=N)N. The molecule has 11 nitrogen and oxygen atoms in total. The van der Waals surface area contributed by atoms with Crippen LogP contribution in [0.3, 0.4) is 0 Å². The third kappa shape index (κ3) is 3.11. The topological polar surface area (TPSA) is 182 Å². The number of amides is 4. The zero-order valence-corrected chi connectivity index (χ0v) is 13.8. The minimum Gasteiger partial charge on any atom is -0.382 e. The van der Waals surface area contributed by atoms with E-state index in [2.05, 4.69) is 15.8 Å². The second-order valence-electron chi connectivity index (χ2n) is 5.81. The van der Waals surface area contributed by atoms with Crippen molar-refractivity contribution in [3.8, 4) is 6.07 Å². The number of carbonyl (C=O) groups is 4. The summed E-state index contributed by atoms with van der Waals surface area (Å²) in [5.41, 5.74) is 7.80. The van der Waals surface area contributed by atoms with Crippen LogP contribution in [0.2, 0.25) is 0 Å². The Morgan fingerprint density at radius 2 is 2.00 bits per heavy atom. The number of hydrazone groups is 1. The molecule has 1 atom stereocenters. The summed E-state index contributed by atoms with van der Waals surface area (Å²) in [6.45, 7) is 0. The van der Waals surface area contributed by atoms with E-state index in [1.54, 1.807) is 6.07 Å². The highest BCUT2D eigenvalue weighted by atomic mass is 16.2. The Balaban J connectivity index is 1.87. The van der Waals surface area contributed by atoms with Crippen LogP contribution in [0.1, 0.15) is 33.6 Å². The zero-order chi connectivity index (χ0) is 19.7. The van der Waals surface area contributed by atoms with Gasteiger partial charge in [0.25, 0.3) is 11.8 Å². The lowest BCUT2D eigenvalue weighted by Crippen LogP contribution is -2.54. The maximum atomic E-state index is 12.7. The number of benzene rings is 1. The summed E-state index contributed by atoms with van der Waals surface area (Å²) < 4.78 is 0. The van der Waals surface area contributed by atoms with Crippen molar-refractivity contribution < 1.29 is 19.2 Å². The number of hydrogen-bond donors (Lipinski definition) is 4. The Hall–Kier alpha value is -4.07. The van der Waals surface area contributed by atoms with Crippen molar-refractivity contribution in [1.29, 1.82) is 10.7 Å². The van der Waals surface area contributed by atoms with Gasteiger partial charge in [0, 0.05) is 6.42 Å². The molecule has 1 saturated heterocycles. The smallest absolute Gasteiger partial charge is 0.262 e. The fourth-order valence-corrected chi connectivity index (χ4v) is 2.81. The van der Waals surface area contributed by atoms with Crippen LogP contribution in [0.15, 0.2) is 23.3 Å². The van der Waals surface area contributed by atoms with Crippen LogP contribution in [-0.2, 0) is 9.59 Å². The number of hydrogen-bond acceptors (Lipinski definition) is 8. The van der Waals surface area contributed by atoms with E-state index in [0.29, 0.717) is 0 Å². The molecular weight excluding hydrogens is 354 g/mol. The van der Waals surface area contributed by atoms with Gasteiger partial charge in [0.05, 0.1) is 16.8 Å². The third-order valence-electron chi connectivity index (χ3n) is 4.10. The lowest BCUT2D eigenvalue weighted by Gasteiger charge is -2.27. The standard InChI is InChI=1S/C16H13N7O4/c17-6-10(13(18)19)22-21-7-1-2-8-9(5-7)16(27)23(15(8)26)11-3-4-12(24)20-14(11)25/h1-2,5,11,21H,3-4H2,(H3,18,19)(H,20,24,25)/b22-10+. The lowest BCUT2D eigenvalue weighted by molar-refractivity contribution is -0.136. The molecule has 11 heteroatoms. The quantitative estimate of drug-likeness (QED) is 0.235. The van der Waals surface area contributed by atoms with Gasteiger partial charge in [-0.3, -0.25) is 40.2 Å². The minimum absolute atomic E-state index is 0.0350. The summed E-state index contributed by atoms with van der Waals surface area (Å²) in [6.07, 6.45) is 0.100. The number of rotatable bonds is 4. The second kappa shape index (κ2) is 6.68. The van der Waals surface area contributed by atoms with Crippen molar-refractivity contribution in [2.75, 3.05) is 5.43 Å². The van der Waals surface area contributed by atoms with E-state index in [-0.39, 0.29) is 35.4 Å². The van der Waals surface area contributed by atoms with Crippen LogP contribution in [-0.4, -0.2) is 46.1 Å². The van der Waals surface area contributed by atoms with Crippen LogP contribution in [0.4, 0.5) is 5.69 Å². The molecule has 5 N–H and O–H groups in total. The number of fused-ring (bicyclic) bond motifs is 1. The summed E-state index contributed by atoms with van der Waals surface area (Å²) in [5.74, 6) is -2.95. The fourth-order valence-electron chi connectivity index (χ4n) is 2.81. The van der Waals surface area contributed by atoms with Gasteiger partial charge in [-0.15, -0.1) is 0 Å². The van der Waals surface area contributed by atoms with Crippen LogP contribution >= 0.6 is 0 Å². The largest absolute Gasteiger partial charge is 0.382 e. The average molecular weight is 367 g/mol. The molecule has 0 aromatic heterocycles. The summed E-state index contributed by atoms with van der Waals surface area (Å²) in [4.78, 5) is 49.3. The van der Waals surface area contributed by atoms with Gasteiger partial charge >= 0.3 is 0 Å². The second-order valence-corrected chi connectivity index (χ2v) is 5.81. The molecule has 1 aromatic carbocycles. The van der Waals surface area contributed by atoms with Gasteiger partial charge in [0.15, 0.2) is 5.84 Å². The summed E-state index contributed by atoms with van der Waals surface area (Å²) in [6, 6.07) is 4.78. The fraction of sp³-hybridized carbons (Fsp3) is 0.188. The number of nitrogens with zero attached hydrogens (tertiary/aromatic N) is 3. The molecule has 0 spiro atoms. The molecule has 0 aliphatic carbocycles. The molecule has 1 fully saturated rings. The number of anilines is 1. The van der Waals surface area contributed by atoms with Crippen molar-refractivity contribution in [3.63, 3.8) is 0 Å². The maximum absolute atomic E-state index is 12.7. The molecule has 0 saturated carbocycles. The Bertz CT molecular complexity index is 975. The summed E-state index contributed by atoms with van der Waals surface area (Å²) in [5, 5.41) is 21.8. The molecule has 4 amide bonds. The van der Waals surface area contributed by atoms with Crippen molar-refractivity contribution >= 4 is 40.9 Å². The Morgan fingerprint density at radius 3 is 2.63 bits per heavy atom. The predicted molar refractivity (Wildman–Crippen MR) is 91.7 cm³/mol. The summed E-state index contributed by atoms with van der Waals surface area (Å²) in [7, 11) is 0. The third-order valence-corrected chi connectivity index (χ3v) is 4.10. The molecule has 1 aromatic rings. The highest BCUT2D eigenvalue weighted by Gasteiger charge is 2.44. The van der Waals surface area contributed by atoms with Crippen LogP contribution in [0.5, 0.6) is 0 Å². The molecule has 2 aliphatic heterocycles. The first-order valence-electron chi connectivity index (χ1n) is 7.77. The van der Waals surface area contributed by atoms with Gasteiger partial charge in [0.2, 0.25) is 17.5 Å². The number of amidine groups is 1. The van der Waals surface area contributed by atoms with Gasteiger partial charge in [0.1, 0.15) is 12.1 Å². The number of nitrogens with two attached hydrogens (primary N) is 1. The highest BCUT2D eigenvalue weighted by Crippen LogP contribution is 2.29. The molecule has 2 aliphatic rings. The van der Waals surface area contributed by atoms with Gasteiger partial charge in [-0.2, -0.15) is 10.4 Å². The van der Waals surface area contributed by atoms with Gasteiger partial charge in [-0.25, -0.2) is 0 Å². The molecule has 0 bridgehead atoms. The predicted octanol–water partition coefficient (Wildman–Crippen LogP) is -0.685. The molecule has 1 unspecified atom stereocenters. The van der Waals surface area contributed by atoms with Crippen LogP contribution in [0, 0.1) is 16.7 Å². The monoisotopic (exact) mass is 367 g/mol. The number of nitriles is 1. The number of piperidine rings is 1. The van der Waals surface area contributed by atoms with E-state index >= 15 is 0 Å². The number of carbonyl (C=O) groups excluding carboxylic acids is 4. The first kappa shape index (κ1) is 17.7. The minimum atomic E-state index is -1.05. The average Bonchev–Trinajstić information content (AvgIpc) is 2.86. The molecular formula is C16H13N7O4. The van der Waals surface area contributed by atoms with E-state index in [0.717, 1.165) is 4.90 Å². The molecule has 0 radical (unpaired) electrons. The molecule has 2 heterocycles. The summed E-state index contributed by atoms with van der Waals surface area (Å²) >= 11 is 0. The normalized spacial score (nSPS) is 19.4. The Morgan fingerprint density at radius 1 is 1.30 bits per heavy atom. The maximum Gasteiger partial charge on any atom is 0.262 e. The van der Waals surface area contributed by atoms with Crippen molar-refractivity contribution in [1.82, 2.24) is 10.2 Å². The zero-order valence-electron chi connectivity index (χ0n) is 13.8. The Labute approximate surface area is 152 Å². The van der Waals surface area contributed by atoms with Gasteiger partial charge in [-0.05, 0) is 24.6 Å². The number of imide groups is 2.